The lowest BCUT2D eigenvalue weighted by Crippen LogP contribution is -2.42. The van der Waals surface area contributed by atoms with Crippen molar-refractivity contribution in [3.63, 3.8) is 0 Å². The monoisotopic (exact) mass is 456 g/mol. The van der Waals surface area contributed by atoms with Gasteiger partial charge in [0.2, 0.25) is 15.9 Å². The molecule has 168 valence electrons. The van der Waals surface area contributed by atoms with E-state index < -0.39 is 38.6 Å². The highest BCUT2D eigenvalue weighted by atomic mass is 32.2. The Morgan fingerprint density at radius 2 is 1.68 bits per heavy atom. The number of alkyl halides is 3. The van der Waals surface area contributed by atoms with Gasteiger partial charge in [-0.1, -0.05) is 12.1 Å². The molecule has 1 saturated carbocycles. The number of nitrogens with one attached hydrogen (secondary N) is 2. The zero-order valence-corrected chi connectivity index (χ0v) is 17.6. The zero-order valence-electron chi connectivity index (χ0n) is 16.8. The Morgan fingerprint density at radius 3 is 2.29 bits per heavy atom. The molecular weight excluding hydrogens is 433 g/mol. The van der Waals surface area contributed by atoms with Crippen LogP contribution in [0.1, 0.15) is 38.2 Å². The van der Waals surface area contributed by atoms with E-state index in [1.54, 1.807) is 24.3 Å². The van der Waals surface area contributed by atoms with Gasteiger partial charge in [-0.25, -0.2) is 8.42 Å². The van der Waals surface area contributed by atoms with Gasteiger partial charge in [0, 0.05) is 5.69 Å². The molecule has 2 N–H and O–H groups in total. The van der Waals surface area contributed by atoms with E-state index in [1.807, 2.05) is 4.72 Å². The van der Waals surface area contributed by atoms with E-state index in [4.69, 9.17) is 4.74 Å². The quantitative estimate of drug-likeness (QED) is 0.650. The maximum atomic E-state index is 13.1. The van der Waals surface area contributed by atoms with E-state index in [0.29, 0.717) is 17.5 Å². The first-order chi connectivity index (χ1) is 14.6. The normalized spacial score (nSPS) is 16.1. The first-order valence-corrected chi connectivity index (χ1v) is 11.3. The molecule has 3 rings (SSSR count). The SMILES string of the molecule is C[C@H](NS(=O)(=O)c1ccccc1C(F)(F)F)C(=O)Nc1ccc(OC2CCCC2)cc1. The van der Waals surface area contributed by atoms with Crippen LogP contribution in [0.3, 0.4) is 0 Å². The Hall–Kier alpha value is -2.59. The fourth-order valence-electron chi connectivity index (χ4n) is 3.35. The van der Waals surface area contributed by atoms with Crippen molar-refractivity contribution in [3.05, 3.63) is 54.1 Å². The van der Waals surface area contributed by atoms with Gasteiger partial charge in [0.1, 0.15) is 5.75 Å². The van der Waals surface area contributed by atoms with Crippen LogP contribution in [-0.4, -0.2) is 26.5 Å². The molecule has 2 aromatic carbocycles. The molecule has 1 atom stereocenters. The lowest BCUT2D eigenvalue weighted by atomic mass is 10.2. The summed E-state index contributed by atoms with van der Waals surface area (Å²) in [5, 5.41) is 2.54. The molecule has 2 aromatic rings. The van der Waals surface area contributed by atoms with E-state index >= 15 is 0 Å². The van der Waals surface area contributed by atoms with Gasteiger partial charge in [0.25, 0.3) is 0 Å². The highest BCUT2D eigenvalue weighted by Crippen LogP contribution is 2.34. The van der Waals surface area contributed by atoms with Gasteiger partial charge in [-0.3, -0.25) is 4.79 Å². The number of ether oxygens (including phenoxy) is 1. The Bertz CT molecular complexity index is 1020. The van der Waals surface area contributed by atoms with Crippen molar-refractivity contribution in [2.45, 2.75) is 55.8 Å². The second-order valence-electron chi connectivity index (χ2n) is 7.37. The Kier molecular flexibility index (Phi) is 6.90. The van der Waals surface area contributed by atoms with Gasteiger partial charge in [-0.05, 0) is 69.0 Å². The fourth-order valence-corrected chi connectivity index (χ4v) is 4.78. The number of hydrogen-bond acceptors (Lipinski definition) is 4. The standard InChI is InChI=1S/C21H23F3N2O4S/c1-14(26-31(28,29)19-9-5-4-8-18(19)21(22,23)24)20(27)25-15-10-12-17(13-11-15)30-16-6-2-3-7-16/h4-5,8-14,16,26H,2-3,6-7H2,1H3,(H,25,27)/t14-/m0/s1. The van der Waals surface area contributed by atoms with Crippen molar-refractivity contribution in [2.24, 2.45) is 0 Å². The summed E-state index contributed by atoms with van der Waals surface area (Å²) in [7, 11) is -4.58. The first kappa shape index (κ1) is 23.1. The summed E-state index contributed by atoms with van der Waals surface area (Å²) in [5.74, 6) is -0.0417. The van der Waals surface area contributed by atoms with E-state index in [-0.39, 0.29) is 6.10 Å². The van der Waals surface area contributed by atoms with Crippen molar-refractivity contribution in [1.29, 1.82) is 0 Å². The Morgan fingerprint density at radius 1 is 1.06 bits per heavy atom. The summed E-state index contributed by atoms with van der Waals surface area (Å²) in [4.78, 5) is 11.4. The van der Waals surface area contributed by atoms with Crippen LogP contribution < -0.4 is 14.8 Å². The molecule has 0 bridgehead atoms. The van der Waals surface area contributed by atoms with Crippen LogP contribution in [0.2, 0.25) is 0 Å². The second-order valence-corrected chi connectivity index (χ2v) is 9.06. The molecule has 0 aliphatic heterocycles. The highest BCUT2D eigenvalue weighted by molar-refractivity contribution is 7.89. The number of hydrogen-bond donors (Lipinski definition) is 2. The lowest BCUT2D eigenvalue weighted by molar-refractivity contribution is -0.139. The largest absolute Gasteiger partial charge is 0.490 e. The van der Waals surface area contributed by atoms with Crippen LogP contribution in [0, 0.1) is 0 Å². The molecule has 1 aliphatic carbocycles. The van der Waals surface area contributed by atoms with Crippen LogP contribution in [0.25, 0.3) is 0 Å². The average molecular weight is 456 g/mol. The van der Waals surface area contributed by atoms with Gasteiger partial charge in [0.15, 0.2) is 0 Å². The lowest BCUT2D eigenvalue weighted by Gasteiger charge is -2.17. The van der Waals surface area contributed by atoms with Crippen LogP contribution in [0.15, 0.2) is 53.4 Å². The summed E-state index contributed by atoms with van der Waals surface area (Å²) in [5.41, 5.74) is -0.890. The minimum absolute atomic E-state index is 0.189. The summed E-state index contributed by atoms with van der Waals surface area (Å²) >= 11 is 0. The van der Waals surface area contributed by atoms with Crippen LogP contribution in [0.5, 0.6) is 5.75 Å². The van der Waals surface area contributed by atoms with E-state index in [0.717, 1.165) is 37.8 Å². The van der Waals surface area contributed by atoms with Gasteiger partial charge < -0.3 is 10.1 Å². The Balaban J connectivity index is 1.64. The van der Waals surface area contributed by atoms with Crippen LogP contribution in [-0.2, 0) is 21.0 Å². The molecular formula is C21H23F3N2O4S. The van der Waals surface area contributed by atoms with Crippen LogP contribution >= 0.6 is 0 Å². The van der Waals surface area contributed by atoms with E-state index in [9.17, 15) is 26.4 Å². The summed E-state index contributed by atoms with van der Waals surface area (Å²) < 4.78 is 72.2. The third-order valence-corrected chi connectivity index (χ3v) is 6.53. The molecule has 1 aliphatic rings. The molecule has 10 heteroatoms. The van der Waals surface area contributed by atoms with E-state index in [1.165, 1.54) is 13.0 Å². The molecule has 6 nitrogen and oxygen atoms in total. The van der Waals surface area contributed by atoms with Crippen molar-refractivity contribution >= 4 is 21.6 Å². The smallest absolute Gasteiger partial charge is 0.417 e. The van der Waals surface area contributed by atoms with Crippen molar-refractivity contribution in [1.82, 2.24) is 4.72 Å². The third-order valence-electron chi connectivity index (χ3n) is 4.93. The molecule has 0 spiro atoms. The number of benzene rings is 2. The maximum absolute atomic E-state index is 13.1. The van der Waals surface area contributed by atoms with Crippen molar-refractivity contribution < 1.29 is 31.1 Å². The Labute approximate surface area is 178 Å². The minimum atomic E-state index is -4.85. The molecule has 31 heavy (non-hydrogen) atoms. The first-order valence-electron chi connectivity index (χ1n) is 9.82. The summed E-state index contributed by atoms with van der Waals surface area (Å²) in [6.45, 7) is 1.25. The second kappa shape index (κ2) is 9.27. The number of rotatable bonds is 7. The third kappa shape index (κ3) is 5.98. The van der Waals surface area contributed by atoms with Crippen molar-refractivity contribution in [3.8, 4) is 5.75 Å². The van der Waals surface area contributed by atoms with Gasteiger partial charge in [0.05, 0.1) is 22.6 Å². The number of sulfonamides is 1. The maximum Gasteiger partial charge on any atom is 0.417 e. The molecule has 1 amide bonds. The molecule has 0 radical (unpaired) electrons. The average Bonchev–Trinajstić information content (AvgIpc) is 3.21. The minimum Gasteiger partial charge on any atom is -0.490 e. The van der Waals surface area contributed by atoms with Crippen LogP contribution in [0.4, 0.5) is 18.9 Å². The summed E-state index contributed by atoms with van der Waals surface area (Å²) in [6.07, 6.45) is -0.366. The highest BCUT2D eigenvalue weighted by Gasteiger charge is 2.37. The predicted octanol–water partition coefficient (Wildman–Crippen LogP) is 4.33. The van der Waals surface area contributed by atoms with E-state index in [2.05, 4.69) is 5.32 Å². The fraction of sp³-hybridized carbons (Fsp3) is 0.381. The summed E-state index contributed by atoms with van der Waals surface area (Å²) in [6, 6.07) is 9.12. The molecule has 0 unspecified atom stereocenters. The number of amides is 1. The van der Waals surface area contributed by atoms with Gasteiger partial charge in [-0.2, -0.15) is 17.9 Å². The van der Waals surface area contributed by atoms with Crippen molar-refractivity contribution in [2.75, 3.05) is 5.32 Å². The number of anilines is 1. The number of carbonyl (C=O) groups excluding carboxylic acids is 1. The number of halogens is 3. The zero-order chi connectivity index (χ0) is 22.6. The predicted molar refractivity (Wildman–Crippen MR) is 109 cm³/mol. The molecule has 1 fully saturated rings. The molecule has 0 saturated heterocycles. The van der Waals surface area contributed by atoms with Gasteiger partial charge in [-0.15, -0.1) is 0 Å². The van der Waals surface area contributed by atoms with Gasteiger partial charge >= 0.3 is 6.18 Å². The number of carbonyl (C=O) groups is 1. The topological polar surface area (TPSA) is 84.5 Å². The molecule has 0 aromatic heterocycles. The molecule has 0 heterocycles.